The molecule has 0 bridgehead atoms. The third kappa shape index (κ3) is 3.66. The van der Waals surface area contributed by atoms with Crippen LogP contribution in [0.4, 0.5) is 0 Å². The van der Waals surface area contributed by atoms with Crippen molar-refractivity contribution in [1.82, 2.24) is 4.90 Å². The van der Waals surface area contributed by atoms with Crippen molar-refractivity contribution in [2.45, 2.75) is 19.8 Å². The number of nitro groups is 1. The molecule has 0 aromatic heterocycles. The van der Waals surface area contributed by atoms with Gasteiger partial charge in [0.2, 0.25) is 5.82 Å². The predicted molar refractivity (Wildman–Crippen MR) is 74.7 cm³/mol. The quantitative estimate of drug-likeness (QED) is 0.243. The van der Waals surface area contributed by atoms with Crippen molar-refractivity contribution < 1.29 is 14.5 Å². The first-order chi connectivity index (χ1) is 9.54. The summed E-state index contributed by atoms with van der Waals surface area (Å²) >= 11 is 0. The van der Waals surface area contributed by atoms with Crippen LogP contribution in [0, 0.1) is 16.0 Å². The summed E-state index contributed by atoms with van der Waals surface area (Å²) in [6.07, 6.45) is 2.32. The van der Waals surface area contributed by atoms with Gasteiger partial charge in [0.1, 0.15) is 0 Å². The molecule has 1 fully saturated rings. The topological polar surface area (TPSA) is 85.0 Å². The lowest BCUT2D eigenvalue weighted by molar-refractivity contribution is -0.421. The molecule has 0 atom stereocenters. The number of nitrogens with zero attached hydrogens (tertiary/aromatic N) is 3. The van der Waals surface area contributed by atoms with Crippen molar-refractivity contribution in [3.8, 4) is 0 Å². The summed E-state index contributed by atoms with van der Waals surface area (Å²) in [7, 11) is 0. The number of piperidine rings is 1. The summed E-state index contributed by atoms with van der Waals surface area (Å²) in [5, 5.41) is 10.9. The van der Waals surface area contributed by atoms with E-state index in [0.717, 1.165) is 6.08 Å². The average molecular weight is 281 g/mol. The van der Waals surface area contributed by atoms with Crippen molar-refractivity contribution >= 4 is 12.7 Å². The Bertz CT molecular complexity index is 437. The van der Waals surface area contributed by atoms with Gasteiger partial charge >= 0.3 is 11.7 Å². The van der Waals surface area contributed by atoms with Crippen LogP contribution in [0.15, 0.2) is 29.2 Å². The second-order valence-corrected chi connectivity index (χ2v) is 4.34. The van der Waals surface area contributed by atoms with Gasteiger partial charge in [-0.1, -0.05) is 6.58 Å². The van der Waals surface area contributed by atoms with E-state index in [1.165, 1.54) is 0 Å². The predicted octanol–water partition coefficient (Wildman–Crippen LogP) is 1.59. The first-order valence-electron chi connectivity index (χ1n) is 6.44. The Morgan fingerprint density at radius 3 is 2.55 bits per heavy atom. The Hall–Kier alpha value is -2.18. The molecule has 110 valence electrons. The standard InChI is InChI=1S/C13H19N3O4/c1-4-11(16(18)19)12(14-3)15-8-6-10(7-9-15)13(17)20-5-2/h4,10H,1,3,5-9H2,2H3/b12-11-. The zero-order valence-corrected chi connectivity index (χ0v) is 11.6. The molecule has 0 saturated carbocycles. The van der Waals surface area contributed by atoms with Gasteiger partial charge < -0.3 is 9.64 Å². The molecule has 1 aliphatic heterocycles. The van der Waals surface area contributed by atoms with Crippen molar-refractivity contribution in [2.24, 2.45) is 10.9 Å². The van der Waals surface area contributed by atoms with Crippen molar-refractivity contribution in [3.63, 3.8) is 0 Å². The highest BCUT2D eigenvalue weighted by Crippen LogP contribution is 2.24. The molecular formula is C13H19N3O4. The van der Waals surface area contributed by atoms with Gasteiger partial charge in [-0.25, -0.2) is 4.99 Å². The van der Waals surface area contributed by atoms with E-state index in [9.17, 15) is 14.9 Å². The summed E-state index contributed by atoms with van der Waals surface area (Å²) < 4.78 is 4.98. The van der Waals surface area contributed by atoms with Gasteiger partial charge in [0.25, 0.3) is 0 Å². The number of likely N-dealkylation sites (tertiary alicyclic amines) is 1. The summed E-state index contributed by atoms with van der Waals surface area (Å²) in [6.45, 7) is 9.94. The van der Waals surface area contributed by atoms with E-state index in [4.69, 9.17) is 4.74 Å². The van der Waals surface area contributed by atoms with E-state index in [-0.39, 0.29) is 23.4 Å². The normalized spacial score (nSPS) is 17.1. The van der Waals surface area contributed by atoms with Gasteiger partial charge in [0.05, 0.1) is 17.4 Å². The SMILES string of the molecule is C=C/C(=C(\N=C)N1CCC(C(=O)OCC)CC1)[N+](=O)[O-]. The molecule has 0 radical (unpaired) electrons. The number of ether oxygens (including phenoxy) is 1. The molecule has 0 aromatic carbocycles. The fraction of sp³-hybridized carbons (Fsp3) is 0.538. The van der Waals surface area contributed by atoms with E-state index in [2.05, 4.69) is 18.3 Å². The van der Waals surface area contributed by atoms with Crippen LogP contribution in [-0.2, 0) is 9.53 Å². The fourth-order valence-electron chi connectivity index (χ4n) is 2.18. The number of hydrogen-bond donors (Lipinski definition) is 0. The Labute approximate surface area is 117 Å². The van der Waals surface area contributed by atoms with Crippen LogP contribution in [0.5, 0.6) is 0 Å². The first kappa shape index (κ1) is 15.9. The Balaban J connectivity index is 2.77. The van der Waals surface area contributed by atoms with Gasteiger partial charge in [0, 0.05) is 19.2 Å². The van der Waals surface area contributed by atoms with Gasteiger partial charge in [-0.05, 0) is 26.5 Å². The van der Waals surface area contributed by atoms with E-state index in [0.29, 0.717) is 32.5 Å². The maximum absolute atomic E-state index is 11.6. The Morgan fingerprint density at radius 2 is 2.15 bits per heavy atom. The number of aliphatic imine (C=N–C) groups is 1. The van der Waals surface area contributed by atoms with Crippen molar-refractivity contribution in [1.29, 1.82) is 0 Å². The van der Waals surface area contributed by atoms with E-state index in [1.807, 2.05) is 0 Å². The molecule has 7 heteroatoms. The van der Waals surface area contributed by atoms with Crippen LogP contribution in [0.3, 0.4) is 0 Å². The monoisotopic (exact) mass is 281 g/mol. The second kappa shape index (κ2) is 7.42. The smallest absolute Gasteiger partial charge is 0.310 e. The molecule has 0 aromatic rings. The first-order valence-corrected chi connectivity index (χ1v) is 6.44. The molecule has 1 rings (SSSR count). The summed E-state index contributed by atoms with van der Waals surface area (Å²) in [5.74, 6) is -0.158. The van der Waals surface area contributed by atoms with E-state index >= 15 is 0 Å². The minimum Gasteiger partial charge on any atom is -0.466 e. The molecule has 0 amide bonds. The summed E-state index contributed by atoms with van der Waals surface area (Å²) in [5.41, 5.74) is -0.172. The number of rotatable bonds is 6. The Kier molecular flexibility index (Phi) is 5.89. The van der Waals surface area contributed by atoms with Gasteiger partial charge in [-0.15, -0.1) is 0 Å². The molecule has 1 aliphatic rings. The minimum absolute atomic E-state index is 0.153. The lowest BCUT2D eigenvalue weighted by atomic mass is 9.97. The maximum atomic E-state index is 11.6. The number of allylic oxidation sites excluding steroid dienone is 1. The number of hydrogen-bond acceptors (Lipinski definition) is 6. The zero-order valence-electron chi connectivity index (χ0n) is 11.6. The van der Waals surface area contributed by atoms with Crippen LogP contribution in [-0.4, -0.2) is 42.2 Å². The lowest BCUT2D eigenvalue weighted by Crippen LogP contribution is -2.36. The zero-order chi connectivity index (χ0) is 15.1. The lowest BCUT2D eigenvalue weighted by Gasteiger charge is -2.31. The van der Waals surface area contributed by atoms with Crippen LogP contribution < -0.4 is 0 Å². The highest BCUT2D eigenvalue weighted by atomic mass is 16.6. The Morgan fingerprint density at radius 1 is 1.55 bits per heavy atom. The van der Waals surface area contributed by atoms with Crippen molar-refractivity contribution in [2.75, 3.05) is 19.7 Å². The van der Waals surface area contributed by atoms with Crippen LogP contribution in [0.1, 0.15) is 19.8 Å². The number of esters is 1. The average Bonchev–Trinajstić information content (AvgIpc) is 2.44. The molecular weight excluding hydrogens is 262 g/mol. The molecule has 0 spiro atoms. The van der Waals surface area contributed by atoms with E-state index < -0.39 is 4.92 Å². The molecule has 0 unspecified atom stereocenters. The molecule has 20 heavy (non-hydrogen) atoms. The number of carbonyl (C=O) groups is 1. The molecule has 0 N–H and O–H groups in total. The minimum atomic E-state index is -0.533. The second-order valence-electron chi connectivity index (χ2n) is 4.34. The molecule has 0 aliphatic carbocycles. The van der Waals surface area contributed by atoms with Gasteiger partial charge in [0.15, 0.2) is 0 Å². The fourth-order valence-corrected chi connectivity index (χ4v) is 2.18. The van der Waals surface area contributed by atoms with Crippen molar-refractivity contribution in [3.05, 3.63) is 34.3 Å². The third-order valence-corrected chi connectivity index (χ3v) is 3.18. The van der Waals surface area contributed by atoms with Gasteiger partial charge in [-0.3, -0.25) is 14.9 Å². The molecule has 1 heterocycles. The summed E-state index contributed by atoms with van der Waals surface area (Å²) in [4.78, 5) is 27.5. The van der Waals surface area contributed by atoms with Crippen LogP contribution >= 0.6 is 0 Å². The maximum Gasteiger partial charge on any atom is 0.310 e. The van der Waals surface area contributed by atoms with Crippen LogP contribution in [0.2, 0.25) is 0 Å². The highest BCUT2D eigenvalue weighted by molar-refractivity contribution is 5.72. The van der Waals surface area contributed by atoms with Crippen LogP contribution in [0.25, 0.3) is 0 Å². The number of carbonyl (C=O) groups excluding carboxylic acids is 1. The largest absolute Gasteiger partial charge is 0.466 e. The summed E-state index contributed by atoms with van der Waals surface area (Å²) in [6, 6.07) is 0. The van der Waals surface area contributed by atoms with Gasteiger partial charge in [-0.2, -0.15) is 0 Å². The highest BCUT2D eigenvalue weighted by Gasteiger charge is 2.29. The molecule has 1 saturated heterocycles. The molecule has 7 nitrogen and oxygen atoms in total. The third-order valence-electron chi connectivity index (χ3n) is 3.18. The van der Waals surface area contributed by atoms with E-state index in [1.54, 1.807) is 11.8 Å².